The number of amides is 2. The Bertz CT molecular complexity index is 2480. The number of nitrogens with zero attached hydrogens (tertiary/aromatic N) is 5. The normalized spacial score (nSPS) is 17.2. The number of aliphatic imine (C=N–C) groups is 2. The predicted molar refractivity (Wildman–Crippen MR) is 245 cm³/mol. The van der Waals surface area contributed by atoms with E-state index in [2.05, 4.69) is 69.1 Å². The molecule has 5 aromatic rings. The molecule has 2 amide bonds. The molecular formula is C49H50FN7O3S2. The lowest BCUT2D eigenvalue weighted by molar-refractivity contribution is 0.0126. The number of hydrazine groups is 1. The molecular weight excluding hydrogens is 818 g/mol. The first-order valence-electron chi connectivity index (χ1n) is 21.6. The number of carbonyl (C=O) groups is 2. The van der Waals surface area contributed by atoms with Gasteiger partial charge in [-0.15, -0.1) is 0 Å². The van der Waals surface area contributed by atoms with Crippen LogP contribution in [0.5, 0.6) is 0 Å². The van der Waals surface area contributed by atoms with E-state index in [1.807, 2.05) is 41.4 Å². The third-order valence-electron chi connectivity index (χ3n) is 11.5. The molecule has 0 unspecified atom stereocenters. The van der Waals surface area contributed by atoms with Crippen LogP contribution in [0.15, 0.2) is 139 Å². The Morgan fingerprint density at radius 3 is 1.61 bits per heavy atom. The standard InChI is InChI=1S/C26H24FN3OS.C23H26N4O2S/c27-20-11-8-18(9-12-20)17-28-26(31)19-10-13-24-22(16-19)29-25(30-14-4-1-5-15-30)21-6-2-3-7-23(21)32-24;28-23(25-27-12-14-29-15-13-27)17-8-9-21-19(16-17)24-22(26-10-4-1-5-11-26)18-6-2-3-7-20(18)30-21/h2-3,6-13,16H,1,4-5,14-15,17H2,(H,28,31);2-3,6-9,16H,1,4-5,10-15H2,(H,25,28). The van der Waals surface area contributed by atoms with Crippen molar-refractivity contribution in [2.45, 2.75) is 64.7 Å². The van der Waals surface area contributed by atoms with Gasteiger partial charge in [0.1, 0.15) is 17.5 Å². The number of rotatable bonds is 5. The van der Waals surface area contributed by atoms with Crippen LogP contribution in [0.25, 0.3) is 0 Å². The van der Waals surface area contributed by atoms with Gasteiger partial charge >= 0.3 is 0 Å². The summed E-state index contributed by atoms with van der Waals surface area (Å²) < 4.78 is 18.5. The molecule has 5 aliphatic rings. The second-order valence-corrected chi connectivity index (χ2v) is 18.0. The number of fused-ring (bicyclic) bond motifs is 4. The maximum Gasteiger partial charge on any atom is 0.265 e. The van der Waals surface area contributed by atoms with Crippen LogP contribution in [0.2, 0.25) is 0 Å². The summed E-state index contributed by atoms with van der Waals surface area (Å²) in [6, 6.07) is 34.6. The fourth-order valence-corrected chi connectivity index (χ4v) is 10.2. The second-order valence-electron chi connectivity index (χ2n) is 15.9. The van der Waals surface area contributed by atoms with Gasteiger partial charge in [0.2, 0.25) is 0 Å². The smallest absolute Gasteiger partial charge is 0.265 e. The number of hydrogen-bond donors (Lipinski definition) is 2. The summed E-state index contributed by atoms with van der Waals surface area (Å²) in [5, 5.41) is 4.84. The third-order valence-corrected chi connectivity index (χ3v) is 13.8. The van der Waals surface area contributed by atoms with Gasteiger partial charge in [-0.2, -0.15) is 0 Å². The zero-order chi connectivity index (χ0) is 42.3. The average molecular weight is 868 g/mol. The lowest BCUT2D eigenvalue weighted by Crippen LogP contribution is -2.48. The number of hydrogen-bond acceptors (Lipinski definition) is 10. The second kappa shape index (κ2) is 19.7. The largest absolute Gasteiger partial charge is 0.379 e. The molecule has 62 heavy (non-hydrogen) atoms. The average Bonchev–Trinajstić information content (AvgIpc) is 3.60. The number of nitrogens with one attached hydrogen (secondary N) is 2. The van der Waals surface area contributed by atoms with Gasteiger partial charge in [-0.1, -0.05) is 72.1 Å². The predicted octanol–water partition coefficient (Wildman–Crippen LogP) is 9.48. The Morgan fingerprint density at radius 2 is 1.08 bits per heavy atom. The molecule has 0 aliphatic carbocycles. The van der Waals surface area contributed by atoms with Crippen molar-refractivity contribution in [3.63, 3.8) is 0 Å². The van der Waals surface area contributed by atoms with E-state index in [0.29, 0.717) is 44.0 Å². The number of carbonyl (C=O) groups excluding carboxylic acids is 2. The van der Waals surface area contributed by atoms with Crippen molar-refractivity contribution in [3.8, 4) is 0 Å². The molecule has 5 aliphatic heterocycles. The van der Waals surface area contributed by atoms with Gasteiger partial charge in [-0.05, 0) is 105 Å². The summed E-state index contributed by atoms with van der Waals surface area (Å²) in [5.41, 5.74) is 9.07. The van der Waals surface area contributed by atoms with Gasteiger partial charge in [0.15, 0.2) is 0 Å². The molecule has 5 heterocycles. The minimum atomic E-state index is -0.285. The first-order valence-corrected chi connectivity index (χ1v) is 23.2. The molecule has 0 radical (unpaired) electrons. The van der Waals surface area contributed by atoms with Crippen molar-refractivity contribution in [2.75, 3.05) is 52.5 Å². The van der Waals surface area contributed by atoms with Gasteiger partial charge in [-0.3, -0.25) is 15.0 Å². The van der Waals surface area contributed by atoms with Crippen molar-refractivity contribution in [1.82, 2.24) is 25.6 Å². The molecule has 3 fully saturated rings. The summed E-state index contributed by atoms with van der Waals surface area (Å²) in [4.78, 5) is 45.1. The molecule has 0 saturated carbocycles. The number of piperidine rings is 2. The van der Waals surface area contributed by atoms with E-state index in [1.165, 1.54) is 66.0 Å². The molecule has 10 rings (SSSR count). The molecule has 3 saturated heterocycles. The molecule has 0 bridgehead atoms. The van der Waals surface area contributed by atoms with E-state index in [-0.39, 0.29) is 17.6 Å². The number of likely N-dealkylation sites (tertiary alicyclic amines) is 2. The fourth-order valence-electron chi connectivity index (χ4n) is 8.19. The van der Waals surface area contributed by atoms with Crippen molar-refractivity contribution < 1.29 is 18.7 Å². The van der Waals surface area contributed by atoms with Crippen LogP contribution in [-0.4, -0.2) is 90.8 Å². The lowest BCUT2D eigenvalue weighted by Gasteiger charge is -2.30. The van der Waals surface area contributed by atoms with Crippen LogP contribution in [0.4, 0.5) is 15.8 Å². The van der Waals surface area contributed by atoms with Crippen molar-refractivity contribution in [2.24, 2.45) is 9.98 Å². The van der Waals surface area contributed by atoms with E-state index < -0.39 is 0 Å². The van der Waals surface area contributed by atoms with Crippen LogP contribution in [-0.2, 0) is 11.3 Å². The minimum absolute atomic E-state index is 0.0961. The number of amidine groups is 2. The highest BCUT2D eigenvalue weighted by Gasteiger charge is 2.26. The highest BCUT2D eigenvalue weighted by Crippen LogP contribution is 2.43. The van der Waals surface area contributed by atoms with Crippen LogP contribution in [0, 0.1) is 5.82 Å². The van der Waals surface area contributed by atoms with Crippen LogP contribution < -0.4 is 10.7 Å². The first kappa shape index (κ1) is 41.9. The Hall–Kier alpha value is -5.47. The Kier molecular flexibility index (Phi) is 13.3. The number of morpholine rings is 1. The Labute approximate surface area is 371 Å². The van der Waals surface area contributed by atoms with Crippen LogP contribution >= 0.6 is 23.5 Å². The summed E-state index contributed by atoms with van der Waals surface area (Å²) in [6.45, 7) is 7.12. The van der Waals surface area contributed by atoms with Gasteiger partial charge < -0.3 is 19.9 Å². The molecule has 0 atom stereocenters. The van der Waals surface area contributed by atoms with Crippen LogP contribution in [0.1, 0.15) is 75.9 Å². The molecule has 0 aromatic heterocycles. The fraction of sp³-hybridized carbons (Fsp3) is 0.306. The van der Waals surface area contributed by atoms with Gasteiger partial charge in [-0.25, -0.2) is 19.4 Å². The molecule has 13 heteroatoms. The number of ether oxygens (including phenoxy) is 1. The van der Waals surface area contributed by atoms with Crippen LogP contribution in [0.3, 0.4) is 0 Å². The van der Waals surface area contributed by atoms with Gasteiger partial charge in [0, 0.05) is 87.6 Å². The maximum absolute atomic E-state index is 13.1. The summed E-state index contributed by atoms with van der Waals surface area (Å²) in [7, 11) is 0. The number of benzene rings is 5. The first-order chi connectivity index (χ1) is 30.4. The topological polar surface area (TPSA) is 102 Å². The van der Waals surface area contributed by atoms with Gasteiger partial charge in [0.05, 0.1) is 24.6 Å². The third kappa shape index (κ3) is 9.92. The zero-order valence-corrected chi connectivity index (χ0v) is 36.3. The van der Waals surface area contributed by atoms with E-state index in [0.717, 1.165) is 70.1 Å². The van der Waals surface area contributed by atoms with Gasteiger partial charge in [0.25, 0.3) is 11.8 Å². The van der Waals surface area contributed by atoms with E-state index in [9.17, 15) is 14.0 Å². The Balaban J connectivity index is 0.000000158. The summed E-state index contributed by atoms with van der Waals surface area (Å²) in [5.74, 6) is 1.48. The summed E-state index contributed by atoms with van der Waals surface area (Å²) >= 11 is 3.42. The van der Waals surface area contributed by atoms with E-state index in [4.69, 9.17) is 14.7 Å². The monoisotopic (exact) mass is 867 g/mol. The van der Waals surface area contributed by atoms with E-state index >= 15 is 0 Å². The molecule has 5 aromatic carbocycles. The summed E-state index contributed by atoms with van der Waals surface area (Å²) in [6.07, 6.45) is 7.28. The SMILES string of the molecule is O=C(NCc1ccc(F)cc1)c1ccc2c(c1)N=C(N1CCCCC1)c1ccccc1S2.O=C(NN1CCOCC1)c1ccc2c(c1)N=C(N1CCCCC1)c1ccccc1S2. The number of halogens is 1. The lowest BCUT2D eigenvalue weighted by atomic mass is 10.1. The van der Waals surface area contributed by atoms with Crippen molar-refractivity contribution in [1.29, 1.82) is 0 Å². The highest BCUT2D eigenvalue weighted by atomic mass is 32.2. The van der Waals surface area contributed by atoms with E-state index in [1.54, 1.807) is 35.7 Å². The quantitative estimate of drug-likeness (QED) is 0.180. The molecule has 2 N–H and O–H groups in total. The van der Waals surface area contributed by atoms with Crippen molar-refractivity contribution in [3.05, 3.63) is 143 Å². The molecule has 318 valence electrons. The molecule has 0 spiro atoms. The highest BCUT2D eigenvalue weighted by molar-refractivity contribution is 7.99. The molecule has 10 nitrogen and oxygen atoms in total. The van der Waals surface area contributed by atoms with Crippen molar-refractivity contribution >= 4 is 58.4 Å². The maximum atomic E-state index is 13.1. The Morgan fingerprint density at radius 1 is 0.581 bits per heavy atom. The zero-order valence-electron chi connectivity index (χ0n) is 34.7. The minimum Gasteiger partial charge on any atom is -0.379 e.